The Balaban J connectivity index is 1.39. The average Bonchev–Trinajstić information content (AvgIpc) is 3.07. The SMILES string of the molecule is O=C(NCC1CC(=O)N(c2ccc(F)cc2)C1)c1ccc2ccccc2c1. The summed E-state index contributed by atoms with van der Waals surface area (Å²) >= 11 is 0. The van der Waals surface area contributed by atoms with Crippen LogP contribution in [0.5, 0.6) is 0 Å². The summed E-state index contributed by atoms with van der Waals surface area (Å²) < 4.78 is 13.1. The molecule has 1 saturated heterocycles. The lowest BCUT2D eigenvalue weighted by atomic mass is 10.1. The molecule has 1 unspecified atom stereocenters. The number of nitrogens with zero attached hydrogens (tertiary/aromatic N) is 1. The Kier molecular flexibility index (Phi) is 4.59. The van der Waals surface area contributed by atoms with Crippen LogP contribution in [0, 0.1) is 11.7 Å². The van der Waals surface area contributed by atoms with Gasteiger partial charge in [0.05, 0.1) is 0 Å². The van der Waals surface area contributed by atoms with E-state index in [4.69, 9.17) is 0 Å². The maximum Gasteiger partial charge on any atom is 0.251 e. The van der Waals surface area contributed by atoms with E-state index in [0.29, 0.717) is 30.8 Å². The molecule has 5 heteroatoms. The van der Waals surface area contributed by atoms with Crippen LogP contribution >= 0.6 is 0 Å². The minimum Gasteiger partial charge on any atom is -0.352 e. The standard InChI is InChI=1S/C22H19FN2O2/c23-19-7-9-20(10-8-19)25-14-15(11-21(25)26)13-24-22(27)18-6-5-16-3-1-2-4-17(16)12-18/h1-10,12,15H,11,13-14H2,(H,24,27). The molecule has 0 aliphatic carbocycles. The summed E-state index contributed by atoms with van der Waals surface area (Å²) in [6.07, 6.45) is 0.370. The Labute approximate surface area is 156 Å². The lowest BCUT2D eigenvalue weighted by Gasteiger charge is -2.17. The summed E-state index contributed by atoms with van der Waals surface area (Å²) in [5.74, 6) is -0.448. The molecule has 0 bridgehead atoms. The molecule has 1 aliphatic heterocycles. The zero-order chi connectivity index (χ0) is 18.8. The highest BCUT2D eigenvalue weighted by Crippen LogP contribution is 2.25. The predicted octanol–water partition coefficient (Wildman–Crippen LogP) is 3.76. The molecule has 136 valence electrons. The normalized spacial score (nSPS) is 16.7. The van der Waals surface area contributed by atoms with Gasteiger partial charge < -0.3 is 10.2 Å². The average molecular weight is 362 g/mol. The first-order valence-electron chi connectivity index (χ1n) is 8.93. The third-order valence-corrected chi connectivity index (χ3v) is 4.91. The molecule has 27 heavy (non-hydrogen) atoms. The van der Waals surface area contributed by atoms with E-state index < -0.39 is 0 Å². The van der Waals surface area contributed by atoms with E-state index in [1.807, 2.05) is 42.5 Å². The Morgan fingerprint density at radius 1 is 1.04 bits per heavy atom. The molecule has 3 aromatic carbocycles. The smallest absolute Gasteiger partial charge is 0.251 e. The van der Waals surface area contributed by atoms with Gasteiger partial charge in [-0.15, -0.1) is 0 Å². The fraction of sp³-hybridized carbons (Fsp3) is 0.182. The molecule has 2 amide bonds. The predicted molar refractivity (Wildman–Crippen MR) is 103 cm³/mol. The minimum absolute atomic E-state index is 0.00781. The van der Waals surface area contributed by atoms with Gasteiger partial charge in [-0.25, -0.2) is 4.39 Å². The molecule has 0 saturated carbocycles. The van der Waals surface area contributed by atoms with Crippen molar-refractivity contribution >= 4 is 28.3 Å². The Morgan fingerprint density at radius 2 is 1.78 bits per heavy atom. The Hall–Kier alpha value is -3.21. The van der Waals surface area contributed by atoms with Crippen molar-refractivity contribution < 1.29 is 14.0 Å². The number of fused-ring (bicyclic) bond motifs is 1. The fourth-order valence-electron chi connectivity index (χ4n) is 3.46. The number of halogens is 1. The second-order valence-corrected chi connectivity index (χ2v) is 6.82. The molecule has 0 aromatic heterocycles. The lowest BCUT2D eigenvalue weighted by Crippen LogP contribution is -2.31. The van der Waals surface area contributed by atoms with Crippen molar-refractivity contribution in [2.75, 3.05) is 18.0 Å². The van der Waals surface area contributed by atoms with Gasteiger partial charge in [0.25, 0.3) is 5.91 Å². The number of carbonyl (C=O) groups is 2. The van der Waals surface area contributed by atoms with Gasteiger partial charge in [-0.2, -0.15) is 0 Å². The van der Waals surface area contributed by atoms with Gasteiger partial charge in [0.2, 0.25) is 5.91 Å². The number of nitrogens with one attached hydrogen (secondary N) is 1. The van der Waals surface area contributed by atoms with Crippen LogP contribution in [-0.4, -0.2) is 24.9 Å². The summed E-state index contributed by atoms with van der Waals surface area (Å²) in [7, 11) is 0. The van der Waals surface area contributed by atoms with Crippen LogP contribution in [0.4, 0.5) is 10.1 Å². The first-order chi connectivity index (χ1) is 13.1. The lowest BCUT2D eigenvalue weighted by molar-refractivity contribution is -0.117. The second-order valence-electron chi connectivity index (χ2n) is 6.82. The minimum atomic E-state index is -0.329. The zero-order valence-electron chi connectivity index (χ0n) is 14.7. The van der Waals surface area contributed by atoms with E-state index in [0.717, 1.165) is 10.8 Å². The van der Waals surface area contributed by atoms with Gasteiger partial charge in [-0.05, 0) is 47.2 Å². The van der Waals surface area contributed by atoms with Crippen LogP contribution in [0.3, 0.4) is 0 Å². The van der Waals surface area contributed by atoms with Gasteiger partial charge in [-0.3, -0.25) is 9.59 Å². The molecule has 1 aliphatic rings. The van der Waals surface area contributed by atoms with E-state index in [1.54, 1.807) is 17.0 Å². The molecule has 0 spiro atoms. The first-order valence-corrected chi connectivity index (χ1v) is 8.93. The van der Waals surface area contributed by atoms with Crippen LogP contribution in [0.25, 0.3) is 10.8 Å². The number of hydrogen-bond acceptors (Lipinski definition) is 2. The maximum atomic E-state index is 13.1. The van der Waals surface area contributed by atoms with Gasteiger partial charge in [0, 0.05) is 36.7 Å². The van der Waals surface area contributed by atoms with Gasteiger partial charge in [-0.1, -0.05) is 30.3 Å². The van der Waals surface area contributed by atoms with E-state index in [9.17, 15) is 14.0 Å². The Bertz CT molecular complexity index is 1000. The number of benzene rings is 3. The summed E-state index contributed by atoms with van der Waals surface area (Å²) in [4.78, 5) is 26.4. The topological polar surface area (TPSA) is 49.4 Å². The van der Waals surface area contributed by atoms with Crippen molar-refractivity contribution in [2.45, 2.75) is 6.42 Å². The van der Waals surface area contributed by atoms with Crippen molar-refractivity contribution in [1.29, 1.82) is 0 Å². The molecule has 4 nitrogen and oxygen atoms in total. The van der Waals surface area contributed by atoms with Crippen molar-refractivity contribution in [1.82, 2.24) is 5.32 Å². The first kappa shape index (κ1) is 17.2. The molecule has 1 heterocycles. The highest BCUT2D eigenvalue weighted by Gasteiger charge is 2.30. The highest BCUT2D eigenvalue weighted by molar-refractivity contribution is 5.99. The largest absolute Gasteiger partial charge is 0.352 e. The summed E-state index contributed by atoms with van der Waals surface area (Å²) in [5.41, 5.74) is 1.29. The van der Waals surface area contributed by atoms with Crippen LogP contribution < -0.4 is 10.2 Å². The monoisotopic (exact) mass is 362 g/mol. The van der Waals surface area contributed by atoms with Crippen molar-refractivity contribution in [2.24, 2.45) is 5.92 Å². The highest BCUT2D eigenvalue weighted by atomic mass is 19.1. The molecular weight excluding hydrogens is 343 g/mol. The Morgan fingerprint density at radius 3 is 2.56 bits per heavy atom. The van der Waals surface area contributed by atoms with Crippen LogP contribution in [0.2, 0.25) is 0 Å². The van der Waals surface area contributed by atoms with E-state index in [-0.39, 0.29) is 23.5 Å². The molecule has 1 atom stereocenters. The van der Waals surface area contributed by atoms with E-state index in [1.165, 1.54) is 12.1 Å². The second kappa shape index (κ2) is 7.19. The van der Waals surface area contributed by atoms with Crippen molar-refractivity contribution in [3.05, 3.63) is 78.1 Å². The van der Waals surface area contributed by atoms with Gasteiger partial charge >= 0.3 is 0 Å². The molecule has 3 aromatic rings. The quantitative estimate of drug-likeness (QED) is 0.768. The summed E-state index contributed by atoms with van der Waals surface area (Å²) in [6, 6.07) is 19.4. The van der Waals surface area contributed by atoms with E-state index >= 15 is 0 Å². The summed E-state index contributed by atoms with van der Waals surface area (Å²) in [5, 5.41) is 5.04. The van der Waals surface area contributed by atoms with Crippen LogP contribution in [-0.2, 0) is 4.79 Å². The molecule has 0 radical (unpaired) electrons. The fourth-order valence-corrected chi connectivity index (χ4v) is 3.46. The van der Waals surface area contributed by atoms with E-state index in [2.05, 4.69) is 5.32 Å². The summed E-state index contributed by atoms with van der Waals surface area (Å²) in [6.45, 7) is 0.942. The number of anilines is 1. The van der Waals surface area contributed by atoms with Gasteiger partial charge in [0.15, 0.2) is 0 Å². The zero-order valence-corrected chi connectivity index (χ0v) is 14.7. The van der Waals surface area contributed by atoms with Crippen molar-refractivity contribution in [3.63, 3.8) is 0 Å². The van der Waals surface area contributed by atoms with Crippen LogP contribution in [0.1, 0.15) is 16.8 Å². The number of hydrogen-bond donors (Lipinski definition) is 1. The van der Waals surface area contributed by atoms with Gasteiger partial charge in [0.1, 0.15) is 5.82 Å². The molecule has 1 N–H and O–H groups in total. The third-order valence-electron chi connectivity index (χ3n) is 4.91. The van der Waals surface area contributed by atoms with Crippen LogP contribution in [0.15, 0.2) is 66.7 Å². The number of amides is 2. The number of carbonyl (C=O) groups excluding carboxylic acids is 2. The molecule has 4 rings (SSSR count). The third kappa shape index (κ3) is 3.67. The molecule has 1 fully saturated rings. The molecular formula is C22H19FN2O2. The van der Waals surface area contributed by atoms with Crippen molar-refractivity contribution in [3.8, 4) is 0 Å². The number of rotatable bonds is 4. The maximum absolute atomic E-state index is 13.1.